The van der Waals surface area contributed by atoms with Crippen molar-refractivity contribution in [2.24, 2.45) is 23.5 Å². The molecule has 4 atom stereocenters. The summed E-state index contributed by atoms with van der Waals surface area (Å²) >= 11 is 1.90. The highest BCUT2D eigenvalue weighted by atomic mass is 32.1. The number of aryl methyl sites for hydroxylation is 2. The van der Waals surface area contributed by atoms with Gasteiger partial charge in [0.15, 0.2) is 0 Å². The molecule has 2 saturated carbocycles. The molecule has 0 saturated heterocycles. The van der Waals surface area contributed by atoms with Gasteiger partial charge in [0.2, 0.25) is 0 Å². The molecule has 20 heavy (non-hydrogen) atoms. The topological polar surface area (TPSA) is 29.3 Å². The molecule has 0 aromatic carbocycles. The van der Waals surface area contributed by atoms with Crippen LogP contribution in [0.3, 0.4) is 0 Å². The smallest absolute Gasteiger partial charge is 0.0478 e. The standard InChI is InChI=1S/C17H28N2S/c1-11-6-16(12(2)20-11)17(9-18)19(3)10-15-8-13-4-5-14(15)7-13/h6,13-15,17H,4-5,7-10,18H2,1-3H3. The summed E-state index contributed by atoms with van der Waals surface area (Å²) < 4.78 is 0. The zero-order valence-electron chi connectivity index (χ0n) is 13.1. The second kappa shape index (κ2) is 5.78. The fourth-order valence-electron chi connectivity index (χ4n) is 4.62. The van der Waals surface area contributed by atoms with Crippen LogP contribution in [0, 0.1) is 31.6 Å². The lowest BCUT2D eigenvalue weighted by molar-refractivity contribution is 0.176. The van der Waals surface area contributed by atoms with E-state index in [1.54, 1.807) is 0 Å². The molecule has 2 N–H and O–H groups in total. The van der Waals surface area contributed by atoms with E-state index >= 15 is 0 Å². The third kappa shape index (κ3) is 2.68. The van der Waals surface area contributed by atoms with Gasteiger partial charge in [-0.25, -0.2) is 0 Å². The molecular weight excluding hydrogens is 264 g/mol. The number of rotatable bonds is 5. The van der Waals surface area contributed by atoms with Gasteiger partial charge in [-0.05, 0) is 69.5 Å². The van der Waals surface area contributed by atoms with E-state index in [9.17, 15) is 0 Å². The van der Waals surface area contributed by atoms with Crippen LogP contribution in [-0.2, 0) is 0 Å². The first-order chi connectivity index (χ1) is 9.58. The monoisotopic (exact) mass is 292 g/mol. The van der Waals surface area contributed by atoms with Gasteiger partial charge in [-0.1, -0.05) is 6.42 Å². The number of fused-ring (bicyclic) bond motifs is 2. The van der Waals surface area contributed by atoms with E-state index in [1.807, 2.05) is 11.3 Å². The Morgan fingerprint density at radius 1 is 1.35 bits per heavy atom. The molecule has 2 aliphatic rings. The lowest BCUT2D eigenvalue weighted by atomic mass is 9.88. The van der Waals surface area contributed by atoms with Crippen molar-refractivity contribution in [1.29, 1.82) is 0 Å². The minimum absolute atomic E-state index is 0.402. The largest absolute Gasteiger partial charge is 0.329 e. The minimum atomic E-state index is 0.402. The highest BCUT2D eigenvalue weighted by Gasteiger charge is 2.40. The molecule has 3 heteroatoms. The molecule has 0 amide bonds. The van der Waals surface area contributed by atoms with E-state index in [1.165, 1.54) is 47.5 Å². The Morgan fingerprint density at radius 3 is 2.65 bits per heavy atom. The van der Waals surface area contributed by atoms with E-state index in [0.29, 0.717) is 6.04 Å². The van der Waals surface area contributed by atoms with Gasteiger partial charge in [0.25, 0.3) is 0 Å². The second-order valence-corrected chi connectivity index (χ2v) is 8.46. The van der Waals surface area contributed by atoms with Crippen LogP contribution in [-0.4, -0.2) is 25.0 Å². The molecule has 2 aliphatic carbocycles. The Morgan fingerprint density at radius 2 is 2.15 bits per heavy atom. The van der Waals surface area contributed by atoms with Gasteiger partial charge in [-0.3, -0.25) is 4.90 Å². The lowest BCUT2D eigenvalue weighted by Gasteiger charge is -2.32. The van der Waals surface area contributed by atoms with Crippen LogP contribution in [0.2, 0.25) is 0 Å². The molecule has 1 heterocycles. The zero-order valence-corrected chi connectivity index (χ0v) is 13.9. The first kappa shape index (κ1) is 14.6. The molecule has 4 unspecified atom stereocenters. The number of hydrogen-bond donors (Lipinski definition) is 1. The number of nitrogens with two attached hydrogens (primary N) is 1. The van der Waals surface area contributed by atoms with Crippen LogP contribution >= 0.6 is 11.3 Å². The van der Waals surface area contributed by atoms with Crippen LogP contribution < -0.4 is 5.73 Å². The summed E-state index contributed by atoms with van der Waals surface area (Å²) in [5.74, 6) is 2.97. The third-order valence-corrected chi connectivity index (χ3v) is 6.58. The molecule has 3 rings (SSSR count). The van der Waals surface area contributed by atoms with Gasteiger partial charge in [0.1, 0.15) is 0 Å². The number of hydrogen-bond acceptors (Lipinski definition) is 3. The molecule has 0 radical (unpaired) electrons. The predicted molar refractivity (Wildman–Crippen MR) is 87.2 cm³/mol. The zero-order chi connectivity index (χ0) is 14.3. The summed E-state index contributed by atoms with van der Waals surface area (Å²) in [4.78, 5) is 5.38. The summed E-state index contributed by atoms with van der Waals surface area (Å²) in [7, 11) is 2.27. The van der Waals surface area contributed by atoms with Crippen molar-refractivity contribution < 1.29 is 0 Å². The Kier molecular flexibility index (Phi) is 4.21. The molecule has 2 bridgehead atoms. The van der Waals surface area contributed by atoms with Gasteiger partial charge in [-0.15, -0.1) is 11.3 Å². The maximum atomic E-state index is 6.10. The van der Waals surface area contributed by atoms with E-state index in [-0.39, 0.29) is 0 Å². The van der Waals surface area contributed by atoms with E-state index in [0.717, 1.165) is 24.3 Å². The SMILES string of the molecule is Cc1cc(C(CN)N(C)CC2CC3CCC2C3)c(C)s1. The van der Waals surface area contributed by atoms with Gasteiger partial charge >= 0.3 is 0 Å². The quantitative estimate of drug-likeness (QED) is 0.896. The van der Waals surface area contributed by atoms with Crippen LogP contribution in [0.15, 0.2) is 6.07 Å². The van der Waals surface area contributed by atoms with Crippen molar-refractivity contribution in [1.82, 2.24) is 4.90 Å². The van der Waals surface area contributed by atoms with Gasteiger partial charge in [0, 0.05) is 28.9 Å². The summed E-state index contributed by atoms with van der Waals surface area (Å²) in [5, 5.41) is 0. The van der Waals surface area contributed by atoms with Crippen molar-refractivity contribution >= 4 is 11.3 Å². The lowest BCUT2D eigenvalue weighted by Crippen LogP contribution is -2.35. The molecule has 1 aromatic rings. The number of likely N-dealkylation sites (N-methyl/N-ethyl adjacent to an activating group) is 1. The Hall–Kier alpha value is -0.380. The van der Waals surface area contributed by atoms with Crippen molar-refractivity contribution in [2.75, 3.05) is 20.1 Å². The average Bonchev–Trinajstić information content (AvgIpc) is 3.07. The molecule has 1 aromatic heterocycles. The summed E-state index contributed by atoms with van der Waals surface area (Å²) in [6, 6.07) is 2.74. The maximum absolute atomic E-state index is 6.10. The van der Waals surface area contributed by atoms with Crippen molar-refractivity contribution in [3.05, 3.63) is 21.4 Å². The second-order valence-electron chi connectivity index (χ2n) is 6.99. The van der Waals surface area contributed by atoms with Crippen LogP contribution in [0.1, 0.15) is 47.0 Å². The Labute approximate surface area is 127 Å². The molecule has 112 valence electrons. The molecular formula is C17H28N2S. The van der Waals surface area contributed by atoms with E-state index < -0.39 is 0 Å². The number of thiophene rings is 1. The van der Waals surface area contributed by atoms with Crippen molar-refractivity contribution in [3.63, 3.8) is 0 Å². The first-order valence-electron chi connectivity index (χ1n) is 8.05. The van der Waals surface area contributed by atoms with Crippen molar-refractivity contribution in [2.45, 2.75) is 45.6 Å². The highest BCUT2D eigenvalue weighted by Crippen LogP contribution is 2.48. The van der Waals surface area contributed by atoms with Crippen LogP contribution in [0.25, 0.3) is 0 Å². The van der Waals surface area contributed by atoms with E-state index in [2.05, 4.69) is 31.9 Å². The van der Waals surface area contributed by atoms with Crippen LogP contribution in [0.5, 0.6) is 0 Å². The Balaban J connectivity index is 1.68. The molecule has 2 fully saturated rings. The normalized spacial score (nSPS) is 30.4. The van der Waals surface area contributed by atoms with Gasteiger partial charge in [-0.2, -0.15) is 0 Å². The fraction of sp³-hybridized carbons (Fsp3) is 0.765. The van der Waals surface area contributed by atoms with Gasteiger partial charge < -0.3 is 5.73 Å². The van der Waals surface area contributed by atoms with Gasteiger partial charge in [0.05, 0.1) is 0 Å². The fourth-order valence-corrected chi connectivity index (χ4v) is 5.60. The number of nitrogens with zero attached hydrogens (tertiary/aromatic N) is 1. The summed E-state index contributed by atoms with van der Waals surface area (Å²) in [6.45, 7) is 6.40. The van der Waals surface area contributed by atoms with Crippen molar-refractivity contribution in [3.8, 4) is 0 Å². The predicted octanol–water partition coefficient (Wildman–Crippen LogP) is 3.73. The molecule has 0 spiro atoms. The Bertz CT molecular complexity index is 468. The molecule has 2 nitrogen and oxygen atoms in total. The van der Waals surface area contributed by atoms with E-state index in [4.69, 9.17) is 5.73 Å². The van der Waals surface area contributed by atoms with Crippen LogP contribution in [0.4, 0.5) is 0 Å². The maximum Gasteiger partial charge on any atom is 0.0478 e. The molecule has 0 aliphatic heterocycles. The highest BCUT2D eigenvalue weighted by molar-refractivity contribution is 7.12. The minimum Gasteiger partial charge on any atom is -0.329 e. The first-order valence-corrected chi connectivity index (χ1v) is 8.87. The summed E-state index contributed by atoms with van der Waals surface area (Å²) in [6.07, 6.45) is 5.94. The summed E-state index contributed by atoms with van der Waals surface area (Å²) in [5.41, 5.74) is 7.56. The third-order valence-electron chi connectivity index (χ3n) is 5.60. The average molecular weight is 292 g/mol.